The molecule has 8 heteroatoms. The minimum Gasteiger partial charge on any atom is -0.506 e. The number of likely N-dealkylation sites (tertiary alicyclic amines) is 1. The largest absolute Gasteiger partial charge is 0.506 e. The normalized spacial score (nSPS) is 14.0. The van der Waals surface area contributed by atoms with Gasteiger partial charge in [-0.2, -0.15) is 11.8 Å². The Kier molecular flexibility index (Phi) is 14.0. The topological polar surface area (TPSA) is 79.5 Å². The number of nitrogens with zero attached hydrogens (tertiary/aromatic N) is 2. The maximum Gasteiger partial charge on any atom is 0.219 e. The third kappa shape index (κ3) is 8.62. The molecule has 3 N–H and O–H groups in total. The van der Waals surface area contributed by atoms with E-state index in [4.69, 9.17) is 10.7 Å². The van der Waals surface area contributed by atoms with E-state index in [1.54, 1.807) is 24.8 Å². The molecule has 1 aliphatic heterocycles. The van der Waals surface area contributed by atoms with Crippen LogP contribution in [0.3, 0.4) is 0 Å². The van der Waals surface area contributed by atoms with E-state index in [0.29, 0.717) is 18.8 Å². The Morgan fingerprint density at radius 1 is 1.14 bits per heavy atom. The molecular formula is C29H41Br2N3O2S. The standard InChI is InChI=1S/C21H21Br2N3O2.C5H10.C2H6S.CH4/c1-11(27)26-6-4-12(5-7-26)18-17-13(9-16(28)20(24)19(17)23)2-3-14-8-15(22)10-25-21(14)18;1-4-5(2)3;1-3-2;/h8-10,28H,2-7,24H2,1H3;2,4H2,1,3H3;1-2H3;1H4. The van der Waals surface area contributed by atoms with Crippen LogP contribution in [-0.4, -0.2) is 46.5 Å². The first kappa shape index (κ1) is 33.3. The quantitative estimate of drug-likeness (QED) is 0.185. The van der Waals surface area contributed by atoms with Crippen LogP contribution in [0.5, 0.6) is 5.75 Å². The second kappa shape index (κ2) is 15.6. The monoisotopic (exact) mass is 653 g/mol. The van der Waals surface area contributed by atoms with Crippen LogP contribution in [0.25, 0.3) is 5.57 Å². The average Bonchev–Trinajstić information content (AvgIpc) is 3.00. The first-order chi connectivity index (χ1) is 17.0. The molecule has 0 radical (unpaired) electrons. The number of hydrogen-bond donors (Lipinski definition) is 2. The molecule has 2 aliphatic rings. The molecule has 0 saturated carbocycles. The molecule has 37 heavy (non-hydrogen) atoms. The summed E-state index contributed by atoms with van der Waals surface area (Å²) in [6.07, 6.45) is 10.3. The van der Waals surface area contributed by atoms with Crippen molar-refractivity contribution in [2.45, 2.75) is 60.3 Å². The first-order valence-corrected chi connectivity index (χ1v) is 15.2. The summed E-state index contributed by atoms with van der Waals surface area (Å²) in [7, 11) is 0. The van der Waals surface area contributed by atoms with E-state index in [1.165, 1.54) is 16.7 Å². The van der Waals surface area contributed by atoms with E-state index in [0.717, 1.165) is 63.4 Å². The van der Waals surface area contributed by atoms with Gasteiger partial charge in [-0.3, -0.25) is 9.78 Å². The van der Waals surface area contributed by atoms with Gasteiger partial charge in [0.25, 0.3) is 0 Å². The van der Waals surface area contributed by atoms with Crippen molar-refractivity contribution in [3.05, 3.63) is 67.4 Å². The van der Waals surface area contributed by atoms with Crippen molar-refractivity contribution in [2.24, 2.45) is 0 Å². The molecule has 0 bridgehead atoms. The van der Waals surface area contributed by atoms with Crippen LogP contribution >= 0.6 is 43.6 Å². The molecule has 0 spiro atoms. The number of aromatic nitrogens is 1. The highest BCUT2D eigenvalue weighted by Gasteiger charge is 2.28. The van der Waals surface area contributed by atoms with Crippen molar-refractivity contribution in [3.63, 3.8) is 0 Å². The maximum absolute atomic E-state index is 11.7. The first-order valence-electron chi connectivity index (χ1n) is 12.0. The van der Waals surface area contributed by atoms with Gasteiger partial charge >= 0.3 is 0 Å². The smallest absolute Gasteiger partial charge is 0.219 e. The number of hydrogen-bond acceptors (Lipinski definition) is 5. The number of halogens is 2. The van der Waals surface area contributed by atoms with Gasteiger partial charge in [0.1, 0.15) is 5.75 Å². The van der Waals surface area contributed by atoms with Crippen molar-refractivity contribution >= 4 is 60.8 Å². The molecule has 2 heterocycles. The highest BCUT2D eigenvalue weighted by molar-refractivity contribution is 9.11. The van der Waals surface area contributed by atoms with Crippen LogP contribution in [0.15, 0.2) is 45.0 Å². The predicted molar refractivity (Wildman–Crippen MR) is 168 cm³/mol. The van der Waals surface area contributed by atoms with Gasteiger partial charge < -0.3 is 15.7 Å². The van der Waals surface area contributed by atoms with Gasteiger partial charge in [-0.15, -0.1) is 6.58 Å². The molecular weight excluding hydrogens is 614 g/mol. The van der Waals surface area contributed by atoms with E-state index in [2.05, 4.69) is 51.4 Å². The lowest BCUT2D eigenvalue weighted by Gasteiger charge is -2.30. The minimum absolute atomic E-state index is 0. The summed E-state index contributed by atoms with van der Waals surface area (Å²) in [6.45, 7) is 10.8. The fourth-order valence-electron chi connectivity index (χ4n) is 4.14. The maximum atomic E-state index is 11.7. The number of thioether (sulfide) groups is 1. The Hall–Kier alpha value is -1.77. The Morgan fingerprint density at radius 3 is 2.19 bits per heavy atom. The van der Waals surface area contributed by atoms with Crippen LogP contribution in [0.1, 0.15) is 69.8 Å². The fourth-order valence-corrected chi connectivity index (χ4v) is 5.18. The zero-order chi connectivity index (χ0) is 27.0. The van der Waals surface area contributed by atoms with Crippen molar-refractivity contribution in [2.75, 3.05) is 31.3 Å². The summed E-state index contributed by atoms with van der Waals surface area (Å²) in [5.41, 5.74) is 14.4. The molecule has 1 aliphatic carbocycles. The third-order valence-electron chi connectivity index (χ3n) is 6.22. The van der Waals surface area contributed by atoms with E-state index in [-0.39, 0.29) is 19.1 Å². The number of pyridine rings is 1. The number of benzene rings is 1. The molecule has 204 valence electrons. The van der Waals surface area contributed by atoms with E-state index < -0.39 is 0 Å². The average molecular weight is 656 g/mol. The number of carbonyl (C=O) groups is 1. The zero-order valence-electron chi connectivity index (χ0n) is 21.9. The third-order valence-corrected chi connectivity index (χ3v) is 7.47. The summed E-state index contributed by atoms with van der Waals surface area (Å²) < 4.78 is 1.67. The lowest BCUT2D eigenvalue weighted by atomic mass is 9.88. The van der Waals surface area contributed by atoms with Crippen LogP contribution in [0.4, 0.5) is 5.69 Å². The number of aromatic hydroxyl groups is 1. The van der Waals surface area contributed by atoms with Gasteiger partial charge in [0.15, 0.2) is 0 Å². The van der Waals surface area contributed by atoms with Crippen molar-refractivity contribution < 1.29 is 9.90 Å². The Balaban J connectivity index is 0.000000671. The molecule has 1 aromatic heterocycles. The van der Waals surface area contributed by atoms with E-state index in [9.17, 15) is 9.90 Å². The lowest BCUT2D eigenvalue weighted by Crippen LogP contribution is -2.34. The van der Waals surface area contributed by atoms with Gasteiger partial charge in [-0.1, -0.05) is 25.5 Å². The molecule has 4 rings (SSSR count). The molecule has 1 amide bonds. The number of nitrogen functional groups attached to an aromatic ring is 1. The number of phenolic OH excluding ortho intramolecular Hbond substituents is 1. The number of nitrogens with two attached hydrogens (primary N) is 1. The van der Waals surface area contributed by atoms with Crippen LogP contribution < -0.4 is 5.73 Å². The van der Waals surface area contributed by atoms with Gasteiger partial charge in [0.05, 0.1) is 15.9 Å². The fraction of sp³-hybridized carbons (Fsp3) is 0.448. The number of fused-ring (bicyclic) bond motifs is 2. The number of aryl methyl sites for hydroxylation is 2. The van der Waals surface area contributed by atoms with Crippen LogP contribution in [0.2, 0.25) is 0 Å². The van der Waals surface area contributed by atoms with Gasteiger partial charge in [-0.25, -0.2) is 0 Å². The number of rotatable bonds is 1. The highest BCUT2D eigenvalue weighted by atomic mass is 79.9. The van der Waals surface area contributed by atoms with Crippen LogP contribution in [0, 0.1) is 0 Å². The number of carbonyl (C=O) groups excluding carboxylic acids is 1. The Morgan fingerprint density at radius 2 is 1.68 bits per heavy atom. The molecule has 1 saturated heterocycles. The molecule has 5 nitrogen and oxygen atoms in total. The zero-order valence-corrected chi connectivity index (χ0v) is 25.9. The van der Waals surface area contributed by atoms with E-state index in [1.807, 2.05) is 30.5 Å². The summed E-state index contributed by atoms with van der Waals surface area (Å²) in [6, 6.07) is 3.90. The number of amides is 1. The summed E-state index contributed by atoms with van der Waals surface area (Å²) in [5.74, 6) is 0.213. The molecule has 1 aromatic carbocycles. The molecule has 1 fully saturated rings. The van der Waals surface area contributed by atoms with Gasteiger partial charge in [0.2, 0.25) is 5.91 Å². The van der Waals surface area contributed by atoms with E-state index >= 15 is 0 Å². The second-order valence-corrected chi connectivity index (χ2v) is 11.5. The number of piperidine rings is 1. The SMILES string of the molecule is C.C=C(C)CC.CC(=O)N1CCC(=C2c3ncc(Br)cc3CCc3cc(O)c(N)c(Br)c32)CC1.CSC. The Bertz CT molecular complexity index is 1140. The summed E-state index contributed by atoms with van der Waals surface area (Å²) >= 11 is 8.93. The number of anilines is 1. The number of phenols is 1. The van der Waals surface area contributed by atoms with Gasteiger partial charge in [0, 0.05) is 41.8 Å². The van der Waals surface area contributed by atoms with Crippen molar-refractivity contribution in [1.82, 2.24) is 9.88 Å². The number of allylic oxidation sites excluding steroid dienone is 1. The molecule has 0 atom stereocenters. The van der Waals surface area contributed by atoms with Crippen LogP contribution in [-0.2, 0) is 17.6 Å². The Labute approximate surface area is 244 Å². The molecule has 0 unspecified atom stereocenters. The minimum atomic E-state index is 0. The second-order valence-electron chi connectivity index (χ2n) is 9.02. The summed E-state index contributed by atoms with van der Waals surface area (Å²) in [5, 5.41) is 10.3. The predicted octanol–water partition coefficient (Wildman–Crippen LogP) is 8.03. The highest BCUT2D eigenvalue weighted by Crippen LogP contribution is 2.45. The van der Waals surface area contributed by atoms with Crippen molar-refractivity contribution in [1.29, 1.82) is 0 Å². The lowest BCUT2D eigenvalue weighted by molar-refractivity contribution is -0.129. The molecule has 2 aromatic rings. The summed E-state index contributed by atoms with van der Waals surface area (Å²) in [4.78, 5) is 18.4. The van der Waals surface area contributed by atoms with Gasteiger partial charge in [-0.05, 0) is 107 Å². The van der Waals surface area contributed by atoms with Crippen molar-refractivity contribution in [3.8, 4) is 5.75 Å².